The molecule has 0 atom stereocenters. The van der Waals surface area contributed by atoms with E-state index in [4.69, 9.17) is 4.74 Å². The average Bonchev–Trinajstić information content (AvgIpc) is 3.42. The summed E-state index contributed by atoms with van der Waals surface area (Å²) in [6.45, 7) is 14.2. The van der Waals surface area contributed by atoms with Gasteiger partial charge in [0.15, 0.2) is 0 Å². The fraction of sp³-hybridized carbons (Fsp3) is 0.243. The lowest BCUT2D eigenvalue weighted by molar-refractivity contribution is 0.418. The minimum Gasteiger partial charge on any atom is -0.496 e. The first-order valence-electron chi connectivity index (χ1n) is 14.2. The van der Waals surface area contributed by atoms with Gasteiger partial charge in [0.2, 0.25) is 0 Å². The van der Waals surface area contributed by atoms with Crippen molar-refractivity contribution in [1.29, 1.82) is 0 Å². The van der Waals surface area contributed by atoms with E-state index in [1.54, 1.807) is 7.11 Å². The second-order valence-electron chi connectivity index (χ2n) is 11.9. The summed E-state index contributed by atoms with van der Waals surface area (Å²) in [5.74, 6) is 0.955. The number of hydrogen-bond donors (Lipinski definition) is 0. The van der Waals surface area contributed by atoms with Gasteiger partial charge in [0.25, 0.3) is 0 Å². The molecule has 41 heavy (non-hydrogen) atoms. The van der Waals surface area contributed by atoms with E-state index in [1.807, 2.05) is 12.1 Å². The largest absolute Gasteiger partial charge is 0.496 e. The van der Waals surface area contributed by atoms with Gasteiger partial charge < -0.3 is 9.30 Å². The molecule has 5 rings (SSSR count). The van der Waals surface area contributed by atoms with E-state index in [9.17, 15) is 0 Å². The summed E-state index contributed by atoms with van der Waals surface area (Å²) in [5, 5.41) is 4.51. The zero-order valence-electron chi connectivity index (χ0n) is 25.5. The highest BCUT2D eigenvalue weighted by molar-refractivity contribution is 7.80. The van der Waals surface area contributed by atoms with Crippen molar-refractivity contribution in [3.05, 3.63) is 134 Å². The number of hydrogen-bond acceptors (Lipinski definition) is 1. The normalized spacial score (nSPS) is 11.7. The minimum atomic E-state index is -0.598. The summed E-state index contributed by atoms with van der Waals surface area (Å²) in [7, 11) is 0.859. The average molecular weight is 580 g/mol. The highest BCUT2D eigenvalue weighted by atomic mass is 31.1. The fourth-order valence-corrected chi connectivity index (χ4v) is 11.9. The molecule has 0 aliphatic heterocycles. The van der Waals surface area contributed by atoms with E-state index in [2.05, 4.69) is 168 Å². The van der Waals surface area contributed by atoms with E-state index < -0.39 is 7.92 Å². The summed E-state index contributed by atoms with van der Waals surface area (Å²) in [5.41, 5.74) is 2.72. The van der Waals surface area contributed by atoms with Crippen LogP contribution in [0.5, 0.6) is 5.75 Å². The number of ether oxygens (including phenoxy) is 1. The maximum absolute atomic E-state index is 5.59. The molecule has 5 aromatic rings. The van der Waals surface area contributed by atoms with Crippen LogP contribution in [-0.4, -0.2) is 22.0 Å². The van der Waals surface area contributed by atoms with Crippen LogP contribution >= 0.6 is 15.8 Å². The Hall–Kier alpha value is -3.18. The first-order valence-corrected chi connectivity index (χ1v) is 16.9. The Kier molecular flexibility index (Phi) is 10.2. The molecular formula is C37H43NOP2. The van der Waals surface area contributed by atoms with Crippen LogP contribution in [0, 0.1) is 0 Å². The quantitative estimate of drug-likeness (QED) is 0.184. The molecule has 0 fully saturated rings. The van der Waals surface area contributed by atoms with E-state index in [1.165, 1.54) is 27.0 Å². The highest BCUT2D eigenvalue weighted by Crippen LogP contribution is 2.58. The molecule has 0 amide bonds. The number of methoxy groups -OCH3 is 1. The number of rotatable bonds is 6. The maximum atomic E-state index is 5.59. The zero-order valence-corrected chi connectivity index (χ0v) is 27.2. The van der Waals surface area contributed by atoms with Gasteiger partial charge in [-0.25, -0.2) is 0 Å². The molecule has 0 radical (unpaired) electrons. The number of nitrogens with zero attached hydrogens (tertiary/aromatic N) is 1. The number of benzene rings is 4. The summed E-state index contributed by atoms with van der Waals surface area (Å²) in [6.07, 6.45) is 2.19. The SMILES string of the molecule is CC(C)(C)P(c1cccn1-c1ccccc1)C(C)(C)C.COc1ccccc1P(c1ccccc1)c1ccccc1. The van der Waals surface area contributed by atoms with E-state index in [0.717, 1.165) is 5.75 Å². The standard InChI is InChI=1S/C19H17OP.C18H26NP/c1-20-18-14-8-9-15-19(18)21(16-10-4-2-5-11-16)17-12-6-3-7-13-17;1-17(2,3)20(18(4,5)6)16-13-10-14-19(16)15-11-8-7-9-12-15/h2-15H,1H3;7-14H,1-6H3. The predicted molar refractivity (Wildman–Crippen MR) is 184 cm³/mol. The topological polar surface area (TPSA) is 14.2 Å². The Bertz CT molecular complexity index is 1430. The molecule has 0 bridgehead atoms. The smallest absolute Gasteiger partial charge is 0.127 e. The molecule has 1 aromatic heterocycles. The summed E-state index contributed by atoms with van der Waals surface area (Å²) in [4.78, 5) is 0. The zero-order chi connectivity index (χ0) is 29.5. The molecule has 0 saturated carbocycles. The monoisotopic (exact) mass is 579 g/mol. The van der Waals surface area contributed by atoms with Crippen LogP contribution in [0.2, 0.25) is 0 Å². The van der Waals surface area contributed by atoms with Gasteiger partial charge in [-0.3, -0.25) is 0 Å². The second kappa shape index (κ2) is 13.7. The minimum absolute atomic E-state index is 0.282. The van der Waals surface area contributed by atoms with Crippen molar-refractivity contribution in [2.45, 2.75) is 51.9 Å². The van der Waals surface area contributed by atoms with Crippen molar-refractivity contribution in [2.75, 3.05) is 7.11 Å². The Morgan fingerprint density at radius 1 is 0.537 bits per heavy atom. The van der Waals surface area contributed by atoms with Gasteiger partial charge in [-0.05, 0) is 67.1 Å². The van der Waals surface area contributed by atoms with Crippen molar-refractivity contribution in [3.63, 3.8) is 0 Å². The van der Waals surface area contributed by atoms with Crippen LogP contribution in [0.15, 0.2) is 134 Å². The Balaban J connectivity index is 0.000000189. The molecule has 4 heteroatoms. The lowest BCUT2D eigenvalue weighted by atomic mass is 10.2. The van der Waals surface area contributed by atoms with Crippen LogP contribution in [0.3, 0.4) is 0 Å². The van der Waals surface area contributed by atoms with Crippen LogP contribution < -0.4 is 26.1 Å². The highest BCUT2D eigenvalue weighted by Gasteiger charge is 2.37. The van der Waals surface area contributed by atoms with Gasteiger partial charge in [-0.1, -0.05) is 139 Å². The lowest BCUT2D eigenvalue weighted by Crippen LogP contribution is -2.33. The number of aromatic nitrogens is 1. The summed E-state index contributed by atoms with van der Waals surface area (Å²) >= 11 is 0. The van der Waals surface area contributed by atoms with Crippen LogP contribution in [0.1, 0.15) is 41.5 Å². The van der Waals surface area contributed by atoms with Crippen molar-refractivity contribution in [1.82, 2.24) is 4.57 Å². The van der Waals surface area contributed by atoms with Crippen LogP contribution in [-0.2, 0) is 0 Å². The molecule has 212 valence electrons. The third-order valence-corrected chi connectivity index (χ3v) is 12.7. The molecule has 0 saturated heterocycles. The van der Waals surface area contributed by atoms with Gasteiger partial charge in [-0.15, -0.1) is 0 Å². The third kappa shape index (κ3) is 7.77. The van der Waals surface area contributed by atoms with Crippen LogP contribution in [0.4, 0.5) is 0 Å². The third-order valence-electron chi connectivity index (χ3n) is 6.69. The molecular weight excluding hydrogens is 536 g/mol. The maximum Gasteiger partial charge on any atom is 0.127 e. The van der Waals surface area contributed by atoms with Crippen molar-refractivity contribution >= 4 is 37.2 Å². The van der Waals surface area contributed by atoms with Gasteiger partial charge >= 0.3 is 0 Å². The first-order chi connectivity index (χ1) is 19.6. The fourth-order valence-electron chi connectivity index (χ4n) is 5.45. The molecule has 0 spiro atoms. The summed E-state index contributed by atoms with van der Waals surface area (Å²) in [6, 6.07) is 44.8. The van der Waals surface area contributed by atoms with Crippen LogP contribution in [0.25, 0.3) is 5.69 Å². The summed E-state index contributed by atoms with van der Waals surface area (Å²) < 4.78 is 7.95. The predicted octanol–water partition coefficient (Wildman–Crippen LogP) is 8.63. The van der Waals surface area contributed by atoms with Crippen molar-refractivity contribution < 1.29 is 4.74 Å². The molecule has 0 aliphatic carbocycles. The molecule has 0 unspecified atom stereocenters. The van der Waals surface area contributed by atoms with E-state index in [-0.39, 0.29) is 7.92 Å². The molecule has 1 heterocycles. The Morgan fingerprint density at radius 3 is 1.49 bits per heavy atom. The van der Waals surface area contributed by atoms with Crippen molar-refractivity contribution in [3.8, 4) is 11.4 Å². The molecule has 0 aliphatic rings. The first kappa shape index (κ1) is 30.8. The Labute approximate surface area is 249 Å². The molecule has 0 N–H and O–H groups in total. The van der Waals surface area contributed by atoms with Gasteiger partial charge in [0, 0.05) is 22.6 Å². The van der Waals surface area contributed by atoms with E-state index in [0.29, 0.717) is 10.3 Å². The van der Waals surface area contributed by atoms with Gasteiger partial charge in [0.05, 0.1) is 7.11 Å². The second-order valence-corrected chi connectivity index (χ2v) is 17.9. The Morgan fingerprint density at radius 2 is 1.00 bits per heavy atom. The van der Waals surface area contributed by atoms with Gasteiger partial charge in [0.1, 0.15) is 5.75 Å². The van der Waals surface area contributed by atoms with Gasteiger partial charge in [-0.2, -0.15) is 0 Å². The molecule has 4 aromatic carbocycles. The lowest BCUT2D eigenvalue weighted by Gasteiger charge is -2.41. The molecule has 2 nitrogen and oxygen atoms in total. The van der Waals surface area contributed by atoms with Crippen molar-refractivity contribution in [2.24, 2.45) is 0 Å². The van der Waals surface area contributed by atoms with E-state index >= 15 is 0 Å². The number of para-hydroxylation sites is 2.